The van der Waals surface area contributed by atoms with E-state index in [2.05, 4.69) is 20.9 Å². The van der Waals surface area contributed by atoms with E-state index in [0.29, 0.717) is 0 Å². The molecule has 0 aliphatic carbocycles. The van der Waals surface area contributed by atoms with Gasteiger partial charge < -0.3 is 20.9 Å². The van der Waals surface area contributed by atoms with Crippen molar-refractivity contribution in [2.75, 3.05) is 14.2 Å². The van der Waals surface area contributed by atoms with E-state index in [1.807, 2.05) is 0 Å². The van der Waals surface area contributed by atoms with Gasteiger partial charge in [0.1, 0.15) is 0 Å². The Hall–Kier alpha value is -2.05. The lowest BCUT2D eigenvalue weighted by molar-refractivity contribution is -0.137. The van der Waals surface area contributed by atoms with Crippen molar-refractivity contribution >= 4 is 17.9 Å². The number of carbonyl (C=O) groups excluding carboxylic acids is 2. The van der Waals surface area contributed by atoms with Gasteiger partial charge in [0.25, 0.3) is 0 Å². The topological polar surface area (TPSA) is 128 Å². The molecule has 80 valence electrons. The summed E-state index contributed by atoms with van der Waals surface area (Å²) in [7, 11) is 2.45. The zero-order valence-corrected chi connectivity index (χ0v) is 7.94. The SMILES string of the molecule is COC(=O)/C=C/C(=O)OC.N=C(N)N. The molecule has 7 heteroatoms. The van der Waals surface area contributed by atoms with Gasteiger partial charge >= 0.3 is 11.9 Å². The van der Waals surface area contributed by atoms with Gasteiger partial charge in [0.15, 0.2) is 5.96 Å². The molecule has 0 aromatic rings. The number of esters is 2. The number of guanidine groups is 1. The smallest absolute Gasteiger partial charge is 0.330 e. The number of ether oxygens (including phenoxy) is 2. The van der Waals surface area contributed by atoms with Crippen LogP contribution in [-0.2, 0) is 19.1 Å². The highest BCUT2D eigenvalue weighted by Gasteiger charge is 1.94. The van der Waals surface area contributed by atoms with Crippen LogP contribution in [0.2, 0.25) is 0 Å². The molecule has 0 radical (unpaired) electrons. The van der Waals surface area contributed by atoms with E-state index in [1.165, 1.54) is 14.2 Å². The van der Waals surface area contributed by atoms with Crippen molar-refractivity contribution in [3.8, 4) is 0 Å². The van der Waals surface area contributed by atoms with Crippen molar-refractivity contribution in [1.82, 2.24) is 0 Å². The Morgan fingerprint density at radius 2 is 1.29 bits per heavy atom. The summed E-state index contributed by atoms with van der Waals surface area (Å²) in [5, 5.41) is 6.06. The second-order valence-corrected chi connectivity index (χ2v) is 1.83. The zero-order chi connectivity index (χ0) is 11.6. The fourth-order valence-corrected chi connectivity index (χ4v) is 0.272. The number of hydrogen-bond acceptors (Lipinski definition) is 5. The van der Waals surface area contributed by atoms with Crippen LogP contribution in [0.15, 0.2) is 12.2 Å². The quantitative estimate of drug-likeness (QED) is 0.222. The minimum absolute atomic E-state index is 0.333. The second kappa shape index (κ2) is 9.04. The summed E-state index contributed by atoms with van der Waals surface area (Å²) in [5.41, 5.74) is 8.94. The third kappa shape index (κ3) is 16.5. The van der Waals surface area contributed by atoms with Crippen molar-refractivity contribution in [3.63, 3.8) is 0 Å². The molecule has 0 atom stereocenters. The van der Waals surface area contributed by atoms with E-state index in [0.717, 1.165) is 12.2 Å². The number of hydrogen-bond donors (Lipinski definition) is 3. The molecule has 0 spiro atoms. The Balaban J connectivity index is 0. The third-order valence-electron chi connectivity index (χ3n) is 0.758. The first-order chi connectivity index (χ1) is 6.43. The van der Waals surface area contributed by atoms with Crippen molar-refractivity contribution in [2.24, 2.45) is 11.5 Å². The second-order valence-electron chi connectivity index (χ2n) is 1.83. The van der Waals surface area contributed by atoms with E-state index in [1.54, 1.807) is 0 Å². The zero-order valence-electron chi connectivity index (χ0n) is 7.94. The van der Waals surface area contributed by atoms with Gasteiger partial charge in [-0.1, -0.05) is 0 Å². The van der Waals surface area contributed by atoms with Gasteiger partial charge in [-0.15, -0.1) is 0 Å². The molecule has 0 unspecified atom stereocenters. The Morgan fingerprint density at radius 1 is 1.07 bits per heavy atom. The molecule has 0 amide bonds. The molecule has 0 aromatic carbocycles. The minimum atomic E-state index is -0.578. The first-order valence-corrected chi connectivity index (χ1v) is 3.37. The number of nitrogens with one attached hydrogen (secondary N) is 1. The lowest BCUT2D eigenvalue weighted by Crippen LogP contribution is -2.20. The van der Waals surface area contributed by atoms with E-state index in [4.69, 9.17) is 5.41 Å². The number of methoxy groups -OCH3 is 2. The normalized spacial score (nSPS) is 8.43. The maximum atomic E-state index is 10.3. The Bertz CT molecular complexity index is 215. The summed E-state index contributed by atoms with van der Waals surface area (Å²) < 4.78 is 8.42. The lowest BCUT2D eigenvalue weighted by Gasteiger charge is -1.89. The summed E-state index contributed by atoms with van der Waals surface area (Å²) in [6.45, 7) is 0. The molecule has 7 nitrogen and oxygen atoms in total. The summed E-state index contributed by atoms with van der Waals surface area (Å²) in [5.74, 6) is -1.49. The summed E-state index contributed by atoms with van der Waals surface area (Å²) in [6.07, 6.45) is 1.98. The van der Waals surface area contributed by atoms with Crippen LogP contribution in [0, 0.1) is 5.41 Å². The summed E-state index contributed by atoms with van der Waals surface area (Å²) >= 11 is 0. The molecule has 0 fully saturated rings. The standard InChI is InChI=1S/C6H8O4.CH5N3/c1-9-5(7)3-4-6(8)10-2;2-1(3)4/h3-4H,1-2H3;(H5,2,3,4)/b4-3+;. The highest BCUT2D eigenvalue weighted by atomic mass is 16.5. The Labute approximate surface area is 81.2 Å². The molecule has 0 aromatic heterocycles. The van der Waals surface area contributed by atoms with Gasteiger partial charge in [-0.05, 0) is 0 Å². The molecule has 0 saturated carbocycles. The van der Waals surface area contributed by atoms with Crippen molar-refractivity contribution in [1.29, 1.82) is 5.41 Å². The molecule has 5 N–H and O–H groups in total. The molecule has 0 heterocycles. The van der Waals surface area contributed by atoms with Gasteiger partial charge in [0.2, 0.25) is 0 Å². The van der Waals surface area contributed by atoms with Crippen LogP contribution in [0.3, 0.4) is 0 Å². The predicted octanol–water partition coefficient (Wildman–Crippen LogP) is -1.27. The molecule has 14 heavy (non-hydrogen) atoms. The average molecular weight is 203 g/mol. The number of carbonyl (C=O) groups is 2. The number of rotatable bonds is 2. The maximum absolute atomic E-state index is 10.3. The van der Waals surface area contributed by atoms with Crippen LogP contribution in [0.25, 0.3) is 0 Å². The van der Waals surface area contributed by atoms with Crippen LogP contribution in [0.5, 0.6) is 0 Å². The lowest BCUT2D eigenvalue weighted by atomic mass is 10.5. The van der Waals surface area contributed by atoms with Crippen LogP contribution in [0.4, 0.5) is 0 Å². The first-order valence-electron chi connectivity index (χ1n) is 3.37. The molecular weight excluding hydrogens is 190 g/mol. The maximum Gasteiger partial charge on any atom is 0.330 e. The van der Waals surface area contributed by atoms with E-state index < -0.39 is 11.9 Å². The number of nitrogens with two attached hydrogens (primary N) is 2. The van der Waals surface area contributed by atoms with E-state index in [9.17, 15) is 9.59 Å². The van der Waals surface area contributed by atoms with Crippen molar-refractivity contribution < 1.29 is 19.1 Å². The van der Waals surface area contributed by atoms with Crippen molar-refractivity contribution in [2.45, 2.75) is 0 Å². The molecule has 0 saturated heterocycles. The van der Waals surface area contributed by atoms with Crippen LogP contribution in [-0.4, -0.2) is 32.1 Å². The summed E-state index contributed by atoms with van der Waals surface area (Å²) in [6, 6.07) is 0. The van der Waals surface area contributed by atoms with Crippen LogP contribution >= 0.6 is 0 Å². The first kappa shape index (κ1) is 14.5. The van der Waals surface area contributed by atoms with Crippen LogP contribution in [0.1, 0.15) is 0 Å². The monoisotopic (exact) mass is 203 g/mol. The van der Waals surface area contributed by atoms with Crippen molar-refractivity contribution in [3.05, 3.63) is 12.2 Å². The van der Waals surface area contributed by atoms with Gasteiger partial charge in [0, 0.05) is 12.2 Å². The fourth-order valence-electron chi connectivity index (χ4n) is 0.272. The Kier molecular flexibility index (Phi) is 9.35. The summed E-state index contributed by atoms with van der Waals surface area (Å²) in [4.78, 5) is 20.6. The highest BCUT2D eigenvalue weighted by molar-refractivity contribution is 5.91. The molecule has 0 bridgehead atoms. The van der Waals surface area contributed by atoms with Gasteiger partial charge in [0.05, 0.1) is 14.2 Å². The molecule has 0 aliphatic heterocycles. The van der Waals surface area contributed by atoms with Gasteiger partial charge in [-0.25, -0.2) is 9.59 Å². The van der Waals surface area contributed by atoms with Gasteiger partial charge in [-0.2, -0.15) is 0 Å². The van der Waals surface area contributed by atoms with E-state index >= 15 is 0 Å². The van der Waals surface area contributed by atoms with E-state index in [-0.39, 0.29) is 5.96 Å². The predicted molar refractivity (Wildman–Crippen MR) is 49.3 cm³/mol. The average Bonchev–Trinajstić information content (AvgIpc) is 2.12. The van der Waals surface area contributed by atoms with Crippen LogP contribution < -0.4 is 11.5 Å². The molecule has 0 rings (SSSR count). The largest absolute Gasteiger partial charge is 0.466 e. The fraction of sp³-hybridized carbons (Fsp3) is 0.286. The minimum Gasteiger partial charge on any atom is -0.466 e. The Morgan fingerprint density at radius 3 is 1.43 bits per heavy atom. The molecule has 0 aliphatic rings. The molecular formula is C7H13N3O4. The third-order valence-corrected chi connectivity index (χ3v) is 0.758. The highest BCUT2D eigenvalue weighted by Crippen LogP contribution is 1.80. The van der Waals surface area contributed by atoms with Gasteiger partial charge in [-0.3, -0.25) is 5.41 Å².